The lowest BCUT2D eigenvalue weighted by molar-refractivity contribution is 0.280. The molecular weight excluding hydrogens is 270 g/mol. The van der Waals surface area contributed by atoms with Gasteiger partial charge in [0.05, 0.1) is 6.26 Å². The van der Waals surface area contributed by atoms with Crippen LogP contribution in [-0.4, -0.2) is 31.1 Å². The van der Waals surface area contributed by atoms with Gasteiger partial charge >= 0.3 is 0 Å². The van der Waals surface area contributed by atoms with Gasteiger partial charge < -0.3 is 4.74 Å². The zero-order valence-electron chi connectivity index (χ0n) is 14.2. The molecule has 0 aliphatic rings. The lowest BCUT2D eigenvalue weighted by atomic mass is 10.2. The molecule has 0 aromatic carbocycles. The second-order valence-electron chi connectivity index (χ2n) is 4.91. The van der Waals surface area contributed by atoms with Crippen LogP contribution in [0.2, 0.25) is 0 Å². The summed E-state index contributed by atoms with van der Waals surface area (Å²) >= 11 is 0. The van der Waals surface area contributed by atoms with E-state index in [1.54, 1.807) is 6.08 Å². The minimum absolute atomic E-state index is 0.584. The Kier molecular flexibility index (Phi) is 14.3. The molecule has 0 saturated carbocycles. The molecule has 0 aliphatic carbocycles. The lowest BCUT2D eigenvalue weighted by Crippen LogP contribution is -2.26. The molecule has 0 saturated heterocycles. The van der Waals surface area contributed by atoms with Gasteiger partial charge in [0, 0.05) is 13.1 Å². The van der Waals surface area contributed by atoms with Gasteiger partial charge in [0.25, 0.3) is 0 Å². The Morgan fingerprint density at radius 1 is 1.14 bits per heavy atom. The maximum atomic E-state index is 5.58. The zero-order chi connectivity index (χ0) is 16.5. The summed E-state index contributed by atoms with van der Waals surface area (Å²) in [7, 11) is 0. The SMILES string of the molecule is C=C/C=C\C(=C\OC/C=C/C=C/C)CCN(CC=C)CCC. The summed E-state index contributed by atoms with van der Waals surface area (Å²) < 4.78 is 5.58. The van der Waals surface area contributed by atoms with Crippen molar-refractivity contribution in [1.82, 2.24) is 4.90 Å². The van der Waals surface area contributed by atoms with Crippen molar-refractivity contribution in [2.45, 2.75) is 26.7 Å². The smallest absolute Gasteiger partial charge is 0.106 e. The Morgan fingerprint density at radius 3 is 2.59 bits per heavy atom. The second kappa shape index (κ2) is 15.6. The van der Waals surface area contributed by atoms with E-state index in [1.807, 2.05) is 49.6 Å². The highest BCUT2D eigenvalue weighted by molar-refractivity contribution is 5.20. The average molecular weight is 301 g/mol. The highest BCUT2D eigenvalue weighted by Crippen LogP contribution is 2.07. The van der Waals surface area contributed by atoms with Crippen LogP contribution in [0.1, 0.15) is 26.7 Å². The Morgan fingerprint density at radius 2 is 1.95 bits per heavy atom. The van der Waals surface area contributed by atoms with Crippen molar-refractivity contribution in [1.29, 1.82) is 0 Å². The molecule has 0 aromatic heterocycles. The van der Waals surface area contributed by atoms with Crippen LogP contribution in [0.15, 0.2) is 73.6 Å². The van der Waals surface area contributed by atoms with Crippen molar-refractivity contribution in [3.63, 3.8) is 0 Å². The molecular formula is C20H31NO. The third-order valence-corrected chi connectivity index (χ3v) is 2.96. The van der Waals surface area contributed by atoms with Crippen LogP contribution >= 0.6 is 0 Å². The van der Waals surface area contributed by atoms with Crippen LogP contribution in [0.25, 0.3) is 0 Å². The average Bonchev–Trinajstić information content (AvgIpc) is 2.52. The standard InChI is InChI=1S/C20H31NO/c1-5-9-11-12-18-22-19-20(13-10-6-2)14-17-21(15-7-3)16-8-4/h5-7,9-13,19H,2-3,8,14-18H2,1,4H3/b9-5+,12-11+,13-10-,20-19-. The number of allylic oxidation sites excluding steroid dienone is 6. The zero-order valence-corrected chi connectivity index (χ0v) is 14.2. The number of nitrogens with zero attached hydrogens (tertiary/aromatic N) is 1. The van der Waals surface area contributed by atoms with Gasteiger partial charge in [0.2, 0.25) is 0 Å². The second-order valence-corrected chi connectivity index (χ2v) is 4.91. The van der Waals surface area contributed by atoms with E-state index in [-0.39, 0.29) is 0 Å². The molecule has 22 heavy (non-hydrogen) atoms. The minimum atomic E-state index is 0.584. The highest BCUT2D eigenvalue weighted by Gasteiger charge is 2.02. The number of hydrogen-bond donors (Lipinski definition) is 0. The van der Waals surface area contributed by atoms with Gasteiger partial charge in [-0.1, -0.05) is 56.0 Å². The van der Waals surface area contributed by atoms with E-state index < -0.39 is 0 Å². The van der Waals surface area contributed by atoms with Crippen LogP contribution < -0.4 is 0 Å². The molecule has 2 nitrogen and oxygen atoms in total. The van der Waals surface area contributed by atoms with Gasteiger partial charge in [-0.05, 0) is 38.0 Å². The number of ether oxygens (including phenoxy) is 1. The van der Waals surface area contributed by atoms with Crippen molar-refractivity contribution in [2.75, 3.05) is 26.2 Å². The van der Waals surface area contributed by atoms with Gasteiger partial charge in [0.1, 0.15) is 6.61 Å². The fourth-order valence-electron chi connectivity index (χ4n) is 1.91. The van der Waals surface area contributed by atoms with Crippen LogP contribution in [0, 0.1) is 0 Å². The predicted octanol–water partition coefficient (Wildman–Crippen LogP) is 5.05. The Labute approximate surface area is 136 Å². The largest absolute Gasteiger partial charge is 0.497 e. The van der Waals surface area contributed by atoms with Crippen molar-refractivity contribution < 1.29 is 4.74 Å². The minimum Gasteiger partial charge on any atom is -0.497 e. The number of rotatable bonds is 13. The fraction of sp³-hybridized carbons (Fsp3) is 0.400. The van der Waals surface area contributed by atoms with Crippen molar-refractivity contribution in [2.24, 2.45) is 0 Å². The van der Waals surface area contributed by atoms with Crippen LogP contribution in [0.5, 0.6) is 0 Å². The van der Waals surface area contributed by atoms with Crippen molar-refractivity contribution in [3.8, 4) is 0 Å². The Bertz CT molecular complexity index is 402. The summed E-state index contributed by atoms with van der Waals surface area (Å²) in [6, 6.07) is 0. The van der Waals surface area contributed by atoms with E-state index in [2.05, 4.69) is 31.1 Å². The molecule has 0 unspecified atom stereocenters. The van der Waals surface area contributed by atoms with E-state index in [0.29, 0.717) is 6.61 Å². The van der Waals surface area contributed by atoms with E-state index in [9.17, 15) is 0 Å². The molecule has 0 heterocycles. The summed E-state index contributed by atoms with van der Waals surface area (Å²) in [5.74, 6) is 0. The van der Waals surface area contributed by atoms with Crippen molar-refractivity contribution in [3.05, 3.63) is 73.6 Å². The van der Waals surface area contributed by atoms with E-state index in [1.165, 1.54) is 5.57 Å². The quantitative estimate of drug-likeness (QED) is 0.204. The lowest BCUT2D eigenvalue weighted by Gasteiger charge is -2.19. The van der Waals surface area contributed by atoms with Gasteiger partial charge in [0.15, 0.2) is 0 Å². The van der Waals surface area contributed by atoms with Crippen LogP contribution in [0.3, 0.4) is 0 Å². The van der Waals surface area contributed by atoms with E-state index >= 15 is 0 Å². The molecule has 0 atom stereocenters. The Hall–Kier alpha value is -1.80. The Balaban J connectivity index is 4.45. The van der Waals surface area contributed by atoms with Gasteiger partial charge in [-0.15, -0.1) is 6.58 Å². The monoisotopic (exact) mass is 301 g/mol. The topological polar surface area (TPSA) is 12.5 Å². The molecule has 0 aromatic rings. The summed E-state index contributed by atoms with van der Waals surface area (Å²) in [6.45, 7) is 15.4. The summed E-state index contributed by atoms with van der Waals surface area (Å²) in [5, 5.41) is 0. The van der Waals surface area contributed by atoms with Crippen LogP contribution in [0.4, 0.5) is 0 Å². The first-order chi connectivity index (χ1) is 10.8. The molecule has 0 aliphatic heterocycles. The third-order valence-electron chi connectivity index (χ3n) is 2.96. The van der Waals surface area contributed by atoms with Crippen molar-refractivity contribution >= 4 is 0 Å². The molecule has 0 fully saturated rings. The predicted molar refractivity (Wildman–Crippen MR) is 98.9 cm³/mol. The summed E-state index contributed by atoms with van der Waals surface area (Å²) in [5.41, 5.74) is 1.17. The molecule has 0 N–H and O–H groups in total. The molecule has 0 amide bonds. The first-order valence-corrected chi connectivity index (χ1v) is 7.99. The van der Waals surface area contributed by atoms with E-state index in [0.717, 1.165) is 32.5 Å². The molecule has 122 valence electrons. The molecule has 0 bridgehead atoms. The maximum absolute atomic E-state index is 5.58. The third kappa shape index (κ3) is 12.0. The first kappa shape index (κ1) is 20.2. The molecule has 0 spiro atoms. The molecule has 2 heteroatoms. The van der Waals surface area contributed by atoms with Crippen LogP contribution in [-0.2, 0) is 4.74 Å². The molecule has 0 radical (unpaired) electrons. The molecule has 0 rings (SSSR count). The van der Waals surface area contributed by atoms with Gasteiger partial charge in [-0.3, -0.25) is 4.90 Å². The maximum Gasteiger partial charge on any atom is 0.106 e. The first-order valence-electron chi connectivity index (χ1n) is 7.99. The van der Waals surface area contributed by atoms with Gasteiger partial charge in [-0.25, -0.2) is 0 Å². The highest BCUT2D eigenvalue weighted by atomic mass is 16.5. The van der Waals surface area contributed by atoms with Gasteiger partial charge in [-0.2, -0.15) is 0 Å². The fourth-order valence-corrected chi connectivity index (χ4v) is 1.91. The summed E-state index contributed by atoms with van der Waals surface area (Å²) in [6.07, 6.45) is 19.7. The summed E-state index contributed by atoms with van der Waals surface area (Å²) in [4.78, 5) is 2.40. The van der Waals surface area contributed by atoms with E-state index in [4.69, 9.17) is 4.74 Å². The number of hydrogen-bond acceptors (Lipinski definition) is 2. The normalized spacial score (nSPS) is 12.8.